The third-order valence-electron chi connectivity index (χ3n) is 3.69. The van der Waals surface area contributed by atoms with E-state index in [0.29, 0.717) is 6.04 Å². The van der Waals surface area contributed by atoms with Crippen molar-refractivity contribution in [2.75, 3.05) is 20.1 Å². The number of tetrazole rings is 1. The summed E-state index contributed by atoms with van der Waals surface area (Å²) in [6.45, 7) is 6.17. The zero-order valence-corrected chi connectivity index (χ0v) is 12.2. The molecule has 19 heavy (non-hydrogen) atoms. The third kappa shape index (κ3) is 4.54. The molecule has 6 heteroatoms. The number of nitrogens with zero attached hydrogens (tertiary/aromatic N) is 5. The Labute approximate surface area is 115 Å². The topological polar surface area (TPSA) is 58.9 Å². The van der Waals surface area contributed by atoms with Crippen LogP contribution < -0.4 is 5.32 Å². The maximum Gasteiger partial charge on any atom is 0.165 e. The van der Waals surface area contributed by atoms with Crippen LogP contribution in [-0.4, -0.2) is 51.3 Å². The van der Waals surface area contributed by atoms with Gasteiger partial charge in [-0.15, -0.1) is 5.10 Å². The van der Waals surface area contributed by atoms with Crippen molar-refractivity contribution >= 4 is 0 Å². The van der Waals surface area contributed by atoms with Crippen LogP contribution in [0.2, 0.25) is 0 Å². The van der Waals surface area contributed by atoms with Gasteiger partial charge in [0.15, 0.2) is 5.82 Å². The Kier molecular flexibility index (Phi) is 5.72. The second kappa shape index (κ2) is 7.55. The lowest BCUT2D eigenvalue weighted by Crippen LogP contribution is -2.42. The monoisotopic (exact) mass is 266 g/mol. The highest BCUT2D eigenvalue weighted by atomic mass is 15.5. The third-order valence-corrected chi connectivity index (χ3v) is 3.69. The number of nitrogens with one attached hydrogen (secondary N) is 1. The minimum Gasteiger partial charge on any atom is -0.313 e. The van der Waals surface area contributed by atoms with Gasteiger partial charge in [0.1, 0.15) is 0 Å². The zero-order valence-electron chi connectivity index (χ0n) is 12.2. The van der Waals surface area contributed by atoms with Crippen LogP contribution >= 0.6 is 0 Å². The molecule has 0 saturated carbocycles. The van der Waals surface area contributed by atoms with Crippen LogP contribution in [0.4, 0.5) is 0 Å². The van der Waals surface area contributed by atoms with Gasteiger partial charge >= 0.3 is 0 Å². The molecule has 1 N–H and O–H groups in total. The first kappa shape index (κ1) is 14.4. The zero-order chi connectivity index (χ0) is 13.5. The number of aromatic nitrogens is 4. The second-order valence-electron chi connectivity index (χ2n) is 5.52. The number of piperidine rings is 1. The largest absolute Gasteiger partial charge is 0.313 e. The fourth-order valence-electron chi connectivity index (χ4n) is 2.58. The van der Waals surface area contributed by atoms with Gasteiger partial charge in [-0.3, -0.25) is 4.90 Å². The maximum absolute atomic E-state index is 4.14. The smallest absolute Gasteiger partial charge is 0.165 e. The van der Waals surface area contributed by atoms with E-state index in [9.17, 15) is 0 Å². The van der Waals surface area contributed by atoms with E-state index in [2.05, 4.69) is 39.7 Å². The normalized spacial score (nSPS) is 20.1. The molecule has 1 saturated heterocycles. The van der Waals surface area contributed by atoms with Crippen molar-refractivity contribution < 1.29 is 0 Å². The van der Waals surface area contributed by atoms with E-state index in [1.807, 2.05) is 4.68 Å². The summed E-state index contributed by atoms with van der Waals surface area (Å²) in [7, 11) is 2.15. The van der Waals surface area contributed by atoms with E-state index in [0.717, 1.165) is 38.4 Å². The Balaban J connectivity index is 1.80. The first-order valence-corrected chi connectivity index (χ1v) is 7.46. The summed E-state index contributed by atoms with van der Waals surface area (Å²) in [6, 6.07) is 0.624. The van der Waals surface area contributed by atoms with E-state index in [-0.39, 0.29) is 0 Å². The Hall–Kier alpha value is -1.01. The first-order valence-electron chi connectivity index (χ1n) is 7.46. The predicted octanol–water partition coefficient (Wildman–Crippen LogP) is 1.05. The summed E-state index contributed by atoms with van der Waals surface area (Å²) < 4.78 is 1.94. The Morgan fingerprint density at radius 1 is 1.42 bits per heavy atom. The van der Waals surface area contributed by atoms with Crippen molar-refractivity contribution in [1.82, 2.24) is 30.4 Å². The summed E-state index contributed by atoms with van der Waals surface area (Å²) in [4.78, 5) is 2.32. The van der Waals surface area contributed by atoms with Crippen molar-refractivity contribution in [3.63, 3.8) is 0 Å². The fraction of sp³-hybridized carbons (Fsp3) is 0.923. The minimum absolute atomic E-state index is 0.624. The molecule has 1 unspecified atom stereocenters. The second-order valence-corrected chi connectivity index (χ2v) is 5.52. The summed E-state index contributed by atoms with van der Waals surface area (Å²) in [6.07, 6.45) is 6.24. The Morgan fingerprint density at radius 3 is 3.05 bits per heavy atom. The highest BCUT2D eigenvalue weighted by Gasteiger charge is 2.16. The van der Waals surface area contributed by atoms with E-state index in [4.69, 9.17) is 0 Å². The summed E-state index contributed by atoms with van der Waals surface area (Å²) in [5.74, 6) is 0.978. The van der Waals surface area contributed by atoms with Gasteiger partial charge in [0.25, 0.3) is 0 Å². The fourth-order valence-corrected chi connectivity index (χ4v) is 2.58. The molecule has 1 atom stereocenters. The van der Waals surface area contributed by atoms with Crippen LogP contribution in [0.3, 0.4) is 0 Å². The van der Waals surface area contributed by atoms with E-state index >= 15 is 0 Å². The van der Waals surface area contributed by atoms with Gasteiger partial charge in [-0.05, 0) is 43.3 Å². The molecule has 0 aromatic carbocycles. The number of unbranched alkanes of at least 4 members (excludes halogenated alkanes) is 1. The molecule has 0 aliphatic carbocycles. The van der Waals surface area contributed by atoms with Crippen molar-refractivity contribution in [1.29, 1.82) is 0 Å². The number of likely N-dealkylation sites (N-methyl/N-ethyl adjacent to an activating group) is 1. The van der Waals surface area contributed by atoms with Crippen molar-refractivity contribution in [2.24, 2.45) is 0 Å². The van der Waals surface area contributed by atoms with Gasteiger partial charge in [-0.1, -0.05) is 19.8 Å². The molecule has 1 aliphatic rings. The predicted molar refractivity (Wildman–Crippen MR) is 74.7 cm³/mol. The lowest BCUT2D eigenvalue weighted by molar-refractivity contribution is 0.248. The van der Waals surface area contributed by atoms with Gasteiger partial charge in [0, 0.05) is 19.1 Å². The number of rotatable bonds is 7. The molecule has 1 aliphatic heterocycles. The van der Waals surface area contributed by atoms with E-state index < -0.39 is 0 Å². The summed E-state index contributed by atoms with van der Waals surface area (Å²) in [5, 5.41) is 15.6. The quantitative estimate of drug-likeness (QED) is 0.799. The van der Waals surface area contributed by atoms with Crippen LogP contribution in [0, 0.1) is 0 Å². The molecular weight excluding hydrogens is 240 g/mol. The molecule has 2 rings (SSSR count). The van der Waals surface area contributed by atoms with E-state index in [1.54, 1.807) is 0 Å². The first-order chi connectivity index (χ1) is 9.29. The summed E-state index contributed by atoms with van der Waals surface area (Å²) in [5.41, 5.74) is 0. The average molecular weight is 266 g/mol. The van der Waals surface area contributed by atoms with Crippen molar-refractivity contribution in [3.8, 4) is 0 Å². The summed E-state index contributed by atoms with van der Waals surface area (Å²) >= 11 is 0. The van der Waals surface area contributed by atoms with Gasteiger partial charge in [-0.2, -0.15) is 0 Å². The average Bonchev–Trinajstić information content (AvgIpc) is 2.84. The van der Waals surface area contributed by atoms with Crippen LogP contribution in [-0.2, 0) is 13.1 Å². The van der Waals surface area contributed by atoms with Crippen molar-refractivity contribution in [2.45, 2.75) is 58.2 Å². The molecule has 1 aromatic rings. The molecule has 0 amide bonds. The van der Waals surface area contributed by atoms with Gasteiger partial charge in [0.2, 0.25) is 0 Å². The molecular formula is C13H26N6. The molecule has 0 radical (unpaired) electrons. The van der Waals surface area contributed by atoms with Gasteiger partial charge in [0.05, 0.1) is 6.54 Å². The van der Waals surface area contributed by atoms with Crippen LogP contribution in [0.25, 0.3) is 0 Å². The minimum atomic E-state index is 0.624. The maximum atomic E-state index is 4.14. The lowest BCUT2D eigenvalue weighted by atomic mass is 10.0. The molecule has 1 fully saturated rings. The number of aryl methyl sites for hydroxylation is 1. The van der Waals surface area contributed by atoms with Crippen molar-refractivity contribution in [3.05, 3.63) is 5.82 Å². The standard InChI is InChI=1S/C13H26N6/c1-3-4-9-19-13(15-16-17-19)11-18(2)10-12-7-5-6-8-14-12/h12,14H,3-11H2,1-2H3. The Morgan fingerprint density at radius 2 is 2.32 bits per heavy atom. The highest BCUT2D eigenvalue weighted by molar-refractivity contribution is 4.82. The van der Waals surface area contributed by atoms with Gasteiger partial charge in [-0.25, -0.2) is 4.68 Å². The number of hydrogen-bond donors (Lipinski definition) is 1. The Bertz CT molecular complexity index is 358. The molecule has 6 nitrogen and oxygen atoms in total. The van der Waals surface area contributed by atoms with Gasteiger partial charge < -0.3 is 5.32 Å². The lowest BCUT2D eigenvalue weighted by Gasteiger charge is -2.27. The molecule has 1 aromatic heterocycles. The molecule has 2 heterocycles. The molecule has 0 spiro atoms. The van der Waals surface area contributed by atoms with Crippen LogP contribution in [0.1, 0.15) is 44.9 Å². The van der Waals surface area contributed by atoms with Crippen LogP contribution in [0.5, 0.6) is 0 Å². The molecule has 0 bridgehead atoms. The SMILES string of the molecule is CCCCn1nnnc1CN(C)CC1CCCCN1. The van der Waals surface area contributed by atoms with Crippen LogP contribution in [0.15, 0.2) is 0 Å². The number of hydrogen-bond acceptors (Lipinski definition) is 5. The van der Waals surface area contributed by atoms with E-state index in [1.165, 1.54) is 25.7 Å². The molecule has 108 valence electrons. The highest BCUT2D eigenvalue weighted by Crippen LogP contribution is 2.09.